The first-order valence-corrected chi connectivity index (χ1v) is 10.3. The van der Waals surface area contributed by atoms with Crippen LogP contribution < -0.4 is 10.1 Å². The molecule has 0 aliphatic rings. The number of benzene rings is 2. The van der Waals surface area contributed by atoms with Gasteiger partial charge >= 0.3 is 0 Å². The SMILES string of the molecule is COc1c(C(=O)NC(CO)c2ccccc2)ccc2n[nH]c(C=Cc3cccs3)c12. The third-order valence-electron chi connectivity index (χ3n) is 4.80. The number of aliphatic hydroxyl groups is 1. The van der Waals surface area contributed by atoms with Crippen LogP contribution in [-0.4, -0.2) is 34.9 Å². The molecule has 3 N–H and O–H groups in total. The van der Waals surface area contributed by atoms with Crippen LogP contribution in [0.1, 0.15) is 32.5 Å². The van der Waals surface area contributed by atoms with Crippen molar-refractivity contribution < 1.29 is 14.6 Å². The number of fused-ring (bicyclic) bond motifs is 1. The number of H-pyrrole nitrogens is 1. The van der Waals surface area contributed by atoms with Gasteiger partial charge in [-0.2, -0.15) is 5.10 Å². The minimum absolute atomic E-state index is 0.208. The number of nitrogens with zero attached hydrogens (tertiary/aromatic N) is 1. The average molecular weight is 420 g/mol. The number of methoxy groups -OCH3 is 1. The fraction of sp³-hybridized carbons (Fsp3) is 0.130. The summed E-state index contributed by atoms with van der Waals surface area (Å²) in [7, 11) is 1.53. The number of aliphatic hydroxyl groups excluding tert-OH is 1. The summed E-state index contributed by atoms with van der Waals surface area (Å²) in [6.07, 6.45) is 3.91. The number of thiophene rings is 1. The Hall–Kier alpha value is -3.42. The molecule has 2 aromatic heterocycles. The summed E-state index contributed by atoms with van der Waals surface area (Å²) in [4.78, 5) is 14.1. The number of aromatic amines is 1. The van der Waals surface area contributed by atoms with Gasteiger partial charge in [0.25, 0.3) is 5.91 Å². The number of carbonyl (C=O) groups excluding carboxylic acids is 1. The molecule has 0 saturated heterocycles. The smallest absolute Gasteiger partial charge is 0.255 e. The van der Waals surface area contributed by atoms with E-state index in [1.165, 1.54) is 7.11 Å². The first-order chi connectivity index (χ1) is 14.7. The van der Waals surface area contributed by atoms with Gasteiger partial charge in [-0.1, -0.05) is 36.4 Å². The largest absolute Gasteiger partial charge is 0.495 e. The van der Waals surface area contributed by atoms with Crippen molar-refractivity contribution in [3.63, 3.8) is 0 Å². The van der Waals surface area contributed by atoms with Crippen LogP contribution in [0.3, 0.4) is 0 Å². The zero-order chi connectivity index (χ0) is 20.9. The van der Waals surface area contributed by atoms with Gasteiger partial charge in [0.05, 0.1) is 41.9 Å². The van der Waals surface area contributed by atoms with Gasteiger partial charge in [-0.25, -0.2) is 0 Å². The lowest BCUT2D eigenvalue weighted by atomic mass is 10.0. The Morgan fingerprint density at radius 1 is 1.20 bits per heavy atom. The fourth-order valence-corrected chi connectivity index (χ4v) is 3.94. The van der Waals surface area contributed by atoms with Crippen molar-refractivity contribution in [2.24, 2.45) is 0 Å². The molecule has 2 aromatic carbocycles. The van der Waals surface area contributed by atoms with E-state index in [-0.39, 0.29) is 12.5 Å². The van der Waals surface area contributed by atoms with E-state index < -0.39 is 6.04 Å². The van der Waals surface area contributed by atoms with Crippen LogP contribution in [0.2, 0.25) is 0 Å². The minimum atomic E-state index is -0.512. The van der Waals surface area contributed by atoms with Gasteiger partial charge in [-0.05, 0) is 41.3 Å². The molecule has 0 spiro atoms. The Morgan fingerprint density at radius 2 is 2.03 bits per heavy atom. The molecule has 0 fully saturated rings. The summed E-state index contributed by atoms with van der Waals surface area (Å²) in [5, 5.41) is 22.7. The third kappa shape index (κ3) is 3.98. The maximum Gasteiger partial charge on any atom is 0.255 e. The molecule has 1 amide bonds. The molecule has 0 aliphatic carbocycles. The summed E-state index contributed by atoms with van der Waals surface area (Å²) in [6, 6.07) is 16.3. The van der Waals surface area contributed by atoms with E-state index in [9.17, 15) is 9.90 Å². The second-order valence-electron chi connectivity index (χ2n) is 6.65. The van der Waals surface area contributed by atoms with Gasteiger partial charge in [-0.15, -0.1) is 11.3 Å². The minimum Gasteiger partial charge on any atom is -0.495 e. The van der Waals surface area contributed by atoms with Crippen molar-refractivity contribution in [3.05, 3.63) is 81.7 Å². The van der Waals surface area contributed by atoms with Crippen LogP contribution >= 0.6 is 11.3 Å². The molecule has 1 unspecified atom stereocenters. The van der Waals surface area contributed by atoms with E-state index in [0.29, 0.717) is 16.8 Å². The molecule has 0 saturated carbocycles. The highest BCUT2D eigenvalue weighted by Gasteiger charge is 2.21. The first-order valence-electron chi connectivity index (χ1n) is 9.44. The van der Waals surface area contributed by atoms with Gasteiger partial charge < -0.3 is 15.2 Å². The Labute approximate surface area is 177 Å². The second-order valence-corrected chi connectivity index (χ2v) is 7.63. The number of nitrogens with one attached hydrogen (secondary N) is 2. The number of hydrogen-bond acceptors (Lipinski definition) is 5. The molecular weight excluding hydrogens is 398 g/mol. The van der Waals surface area contributed by atoms with E-state index in [2.05, 4.69) is 15.5 Å². The lowest BCUT2D eigenvalue weighted by Gasteiger charge is -2.18. The van der Waals surface area contributed by atoms with Gasteiger partial charge in [0, 0.05) is 4.88 Å². The van der Waals surface area contributed by atoms with Crippen molar-refractivity contribution in [2.75, 3.05) is 13.7 Å². The van der Waals surface area contributed by atoms with Crippen LogP contribution in [0, 0.1) is 0 Å². The zero-order valence-corrected chi connectivity index (χ0v) is 17.1. The van der Waals surface area contributed by atoms with Gasteiger partial charge in [0.15, 0.2) is 0 Å². The Kier molecular flexibility index (Phi) is 5.92. The normalized spacial score (nSPS) is 12.3. The Balaban J connectivity index is 1.68. The summed E-state index contributed by atoms with van der Waals surface area (Å²) >= 11 is 1.64. The van der Waals surface area contributed by atoms with E-state index in [1.54, 1.807) is 23.5 Å². The predicted molar refractivity (Wildman–Crippen MR) is 120 cm³/mol. The number of aromatic nitrogens is 2. The maximum absolute atomic E-state index is 13.0. The van der Waals surface area contributed by atoms with Crippen LogP contribution in [0.15, 0.2) is 60.0 Å². The van der Waals surface area contributed by atoms with Crippen molar-refractivity contribution in [3.8, 4) is 5.75 Å². The first kappa shape index (κ1) is 19.9. The summed E-state index contributed by atoms with van der Waals surface area (Å²) in [6.45, 7) is -0.208. The summed E-state index contributed by atoms with van der Waals surface area (Å²) in [5.41, 5.74) is 2.67. The second kappa shape index (κ2) is 8.94. The summed E-state index contributed by atoms with van der Waals surface area (Å²) < 4.78 is 5.62. The molecule has 0 bridgehead atoms. The third-order valence-corrected chi connectivity index (χ3v) is 5.64. The van der Waals surface area contributed by atoms with E-state index >= 15 is 0 Å². The van der Waals surface area contributed by atoms with Crippen LogP contribution in [0.4, 0.5) is 0 Å². The molecular formula is C23H21N3O3S. The highest BCUT2D eigenvalue weighted by Crippen LogP contribution is 2.32. The van der Waals surface area contributed by atoms with Gasteiger partial charge in [0.1, 0.15) is 5.75 Å². The van der Waals surface area contributed by atoms with Gasteiger partial charge in [0.2, 0.25) is 0 Å². The molecule has 0 radical (unpaired) electrons. The molecule has 0 aliphatic heterocycles. The Bertz CT molecular complexity index is 1170. The quantitative estimate of drug-likeness (QED) is 0.418. The maximum atomic E-state index is 13.0. The molecule has 6 nitrogen and oxygen atoms in total. The van der Waals surface area contributed by atoms with Crippen molar-refractivity contribution in [2.45, 2.75) is 6.04 Å². The van der Waals surface area contributed by atoms with Crippen LogP contribution in [0.5, 0.6) is 5.75 Å². The molecule has 2 heterocycles. The monoisotopic (exact) mass is 419 g/mol. The lowest BCUT2D eigenvalue weighted by Crippen LogP contribution is -2.31. The van der Waals surface area contributed by atoms with Crippen LogP contribution in [-0.2, 0) is 0 Å². The number of rotatable bonds is 7. The fourth-order valence-electron chi connectivity index (χ4n) is 3.32. The highest BCUT2D eigenvalue weighted by atomic mass is 32.1. The van der Waals surface area contributed by atoms with Crippen molar-refractivity contribution in [1.29, 1.82) is 0 Å². The molecule has 152 valence electrons. The van der Waals surface area contributed by atoms with Gasteiger partial charge in [-0.3, -0.25) is 9.89 Å². The number of carbonyl (C=O) groups is 1. The van der Waals surface area contributed by atoms with E-state index in [1.807, 2.05) is 60.0 Å². The molecule has 7 heteroatoms. The Morgan fingerprint density at radius 3 is 2.73 bits per heavy atom. The molecule has 4 aromatic rings. The lowest BCUT2D eigenvalue weighted by molar-refractivity contribution is 0.0913. The topological polar surface area (TPSA) is 87.2 Å². The number of ether oxygens (including phenoxy) is 1. The van der Waals surface area contributed by atoms with E-state index in [0.717, 1.165) is 21.5 Å². The zero-order valence-electron chi connectivity index (χ0n) is 16.3. The predicted octanol–water partition coefficient (Wildman–Crippen LogP) is 4.27. The van der Waals surface area contributed by atoms with Crippen LogP contribution in [0.25, 0.3) is 23.1 Å². The number of hydrogen-bond donors (Lipinski definition) is 3. The standard InChI is InChI=1S/C23H21N3O3S/c1-29-22-17(23(28)24-20(14-27)15-6-3-2-4-7-15)10-12-19-21(22)18(25-26-19)11-9-16-8-5-13-30-16/h2-13,20,27H,14H2,1H3,(H,24,28)(H,25,26). The van der Waals surface area contributed by atoms with E-state index in [4.69, 9.17) is 4.74 Å². The number of amides is 1. The molecule has 1 atom stereocenters. The van der Waals surface area contributed by atoms with Crippen molar-refractivity contribution >= 4 is 40.3 Å². The molecule has 4 rings (SSSR count). The van der Waals surface area contributed by atoms with Crippen molar-refractivity contribution in [1.82, 2.24) is 15.5 Å². The summed E-state index contributed by atoms with van der Waals surface area (Å²) in [5.74, 6) is 0.111. The molecule has 30 heavy (non-hydrogen) atoms. The highest BCUT2D eigenvalue weighted by molar-refractivity contribution is 7.10. The average Bonchev–Trinajstić information content (AvgIpc) is 3.45.